The molecule has 0 spiro atoms. The molecule has 0 radical (unpaired) electrons. The van der Waals surface area contributed by atoms with Crippen LogP contribution in [0.5, 0.6) is 0 Å². The highest BCUT2D eigenvalue weighted by Crippen LogP contribution is 2.23. The van der Waals surface area contributed by atoms with E-state index in [0.717, 1.165) is 15.4 Å². The maximum atomic E-state index is 9.83. The Morgan fingerprint density at radius 3 is 2.60 bits per heavy atom. The summed E-state index contributed by atoms with van der Waals surface area (Å²) in [7, 11) is 0. The van der Waals surface area contributed by atoms with Crippen LogP contribution in [0.4, 0.5) is 0 Å². The first-order valence-electron chi connectivity index (χ1n) is 4.76. The SMILES string of the molecule is CC(C)(O)c1ccc2cc(Br)ccc2n1. The zero-order chi connectivity index (χ0) is 11.1. The van der Waals surface area contributed by atoms with Crippen molar-refractivity contribution < 1.29 is 5.11 Å². The minimum atomic E-state index is -0.888. The van der Waals surface area contributed by atoms with Gasteiger partial charge in [0.1, 0.15) is 5.60 Å². The van der Waals surface area contributed by atoms with E-state index in [1.807, 2.05) is 30.3 Å². The van der Waals surface area contributed by atoms with Crippen molar-refractivity contribution in [3.05, 3.63) is 40.5 Å². The number of hydrogen-bond acceptors (Lipinski definition) is 2. The molecule has 2 aromatic rings. The third kappa shape index (κ3) is 2.19. The molecule has 2 nitrogen and oxygen atoms in total. The summed E-state index contributed by atoms with van der Waals surface area (Å²) in [4.78, 5) is 4.42. The summed E-state index contributed by atoms with van der Waals surface area (Å²) in [5.41, 5.74) is 0.705. The lowest BCUT2D eigenvalue weighted by Crippen LogP contribution is -2.17. The summed E-state index contributed by atoms with van der Waals surface area (Å²) in [5, 5.41) is 10.9. The lowest BCUT2D eigenvalue weighted by atomic mass is 10.0. The maximum absolute atomic E-state index is 9.83. The Balaban J connectivity index is 2.62. The molecule has 0 bridgehead atoms. The molecule has 0 aliphatic heterocycles. The Morgan fingerprint density at radius 1 is 1.20 bits per heavy atom. The Labute approximate surface area is 97.1 Å². The van der Waals surface area contributed by atoms with E-state index >= 15 is 0 Å². The fourth-order valence-electron chi connectivity index (χ4n) is 1.44. The molecule has 1 aromatic carbocycles. The third-order valence-corrected chi connectivity index (χ3v) is 2.77. The van der Waals surface area contributed by atoms with E-state index < -0.39 is 5.60 Å². The van der Waals surface area contributed by atoms with Crippen LogP contribution >= 0.6 is 15.9 Å². The molecule has 15 heavy (non-hydrogen) atoms. The topological polar surface area (TPSA) is 33.1 Å². The molecule has 0 unspecified atom stereocenters. The average Bonchev–Trinajstić information content (AvgIpc) is 2.15. The van der Waals surface area contributed by atoms with Crippen molar-refractivity contribution in [2.45, 2.75) is 19.4 Å². The van der Waals surface area contributed by atoms with Crippen LogP contribution in [0.1, 0.15) is 19.5 Å². The Hall–Kier alpha value is -0.930. The van der Waals surface area contributed by atoms with Crippen LogP contribution in [0.25, 0.3) is 10.9 Å². The van der Waals surface area contributed by atoms with Crippen molar-refractivity contribution in [3.8, 4) is 0 Å². The van der Waals surface area contributed by atoms with Gasteiger partial charge in [0.2, 0.25) is 0 Å². The van der Waals surface area contributed by atoms with Gasteiger partial charge in [-0.1, -0.05) is 22.0 Å². The quantitative estimate of drug-likeness (QED) is 0.859. The van der Waals surface area contributed by atoms with E-state index in [1.54, 1.807) is 13.8 Å². The van der Waals surface area contributed by atoms with E-state index in [4.69, 9.17) is 0 Å². The highest BCUT2D eigenvalue weighted by molar-refractivity contribution is 9.10. The Bertz CT molecular complexity index is 502. The van der Waals surface area contributed by atoms with Crippen LogP contribution < -0.4 is 0 Å². The van der Waals surface area contributed by atoms with Gasteiger partial charge >= 0.3 is 0 Å². The second kappa shape index (κ2) is 3.58. The van der Waals surface area contributed by atoms with Crippen LogP contribution in [0.3, 0.4) is 0 Å². The van der Waals surface area contributed by atoms with Gasteiger partial charge in [-0.25, -0.2) is 4.98 Å². The molecule has 0 amide bonds. The molecular formula is C12H12BrNO. The van der Waals surface area contributed by atoms with E-state index in [0.29, 0.717) is 5.69 Å². The van der Waals surface area contributed by atoms with Gasteiger partial charge in [0, 0.05) is 9.86 Å². The zero-order valence-corrected chi connectivity index (χ0v) is 10.2. The number of pyridine rings is 1. The molecule has 1 heterocycles. The number of fused-ring (bicyclic) bond motifs is 1. The van der Waals surface area contributed by atoms with Crippen molar-refractivity contribution >= 4 is 26.8 Å². The van der Waals surface area contributed by atoms with Gasteiger partial charge in [0.25, 0.3) is 0 Å². The molecular weight excluding hydrogens is 254 g/mol. The van der Waals surface area contributed by atoms with Crippen LogP contribution in [0.2, 0.25) is 0 Å². The number of aromatic nitrogens is 1. The molecule has 0 saturated carbocycles. The fraction of sp³-hybridized carbons (Fsp3) is 0.250. The van der Waals surface area contributed by atoms with Crippen molar-refractivity contribution in [3.63, 3.8) is 0 Å². The molecule has 2 rings (SSSR count). The van der Waals surface area contributed by atoms with Crippen molar-refractivity contribution in [2.75, 3.05) is 0 Å². The molecule has 0 fully saturated rings. The van der Waals surface area contributed by atoms with E-state index in [2.05, 4.69) is 20.9 Å². The summed E-state index contributed by atoms with van der Waals surface area (Å²) in [6, 6.07) is 9.73. The van der Waals surface area contributed by atoms with Gasteiger partial charge in [0.15, 0.2) is 0 Å². The van der Waals surface area contributed by atoms with E-state index in [9.17, 15) is 5.11 Å². The second-order valence-corrected chi connectivity index (χ2v) is 5.01. The lowest BCUT2D eigenvalue weighted by Gasteiger charge is -2.16. The van der Waals surface area contributed by atoms with Crippen molar-refractivity contribution in [1.82, 2.24) is 4.98 Å². The first-order chi connectivity index (χ1) is 6.97. The monoisotopic (exact) mass is 265 g/mol. The predicted molar refractivity (Wildman–Crippen MR) is 64.7 cm³/mol. The van der Waals surface area contributed by atoms with Gasteiger partial charge in [0.05, 0.1) is 11.2 Å². The Kier molecular flexibility index (Phi) is 2.52. The molecule has 1 N–H and O–H groups in total. The average molecular weight is 266 g/mol. The number of rotatable bonds is 1. The van der Waals surface area contributed by atoms with Crippen LogP contribution in [0, 0.1) is 0 Å². The summed E-state index contributed by atoms with van der Waals surface area (Å²) >= 11 is 3.41. The van der Waals surface area contributed by atoms with E-state index in [1.165, 1.54) is 0 Å². The zero-order valence-electron chi connectivity index (χ0n) is 8.66. The molecule has 0 saturated heterocycles. The summed E-state index contributed by atoms with van der Waals surface area (Å²) in [6.45, 7) is 3.47. The van der Waals surface area contributed by atoms with Gasteiger partial charge in [-0.3, -0.25) is 0 Å². The molecule has 0 aliphatic rings. The van der Waals surface area contributed by atoms with Crippen LogP contribution in [0.15, 0.2) is 34.8 Å². The van der Waals surface area contributed by atoms with Crippen LogP contribution in [-0.4, -0.2) is 10.1 Å². The molecule has 3 heteroatoms. The normalized spacial score (nSPS) is 12.0. The van der Waals surface area contributed by atoms with Crippen molar-refractivity contribution in [1.29, 1.82) is 0 Å². The van der Waals surface area contributed by atoms with Crippen LogP contribution in [-0.2, 0) is 5.60 Å². The second-order valence-electron chi connectivity index (χ2n) is 4.09. The summed E-state index contributed by atoms with van der Waals surface area (Å²) in [6.07, 6.45) is 0. The number of aliphatic hydroxyl groups is 1. The molecule has 0 aliphatic carbocycles. The van der Waals surface area contributed by atoms with Crippen molar-refractivity contribution in [2.24, 2.45) is 0 Å². The van der Waals surface area contributed by atoms with Gasteiger partial charge in [-0.2, -0.15) is 0 Å². The number of halogens is 1. The first kappa shape index (κ1) is 10.6. The predicted octanol–water partition coefficient (Wildman–Crippen LogP) is 3.22. The smallest absolute Gasteiger partial charge is 0.101 e. The third-order valence-electron chi connectivity index (χ3n) is 2.28. The largest absolute Gasteiger partial charge is 0.384 e. The van der Waals surface area contributed by atoms with E-state index in [-0.39, 0.29) is 0 Å². The molecule has 1 aromatic heterocycles. The minimum Gasteiger partial charge on any atom is -0.384 e. The number of nitrogens with zero attached hydrogens (tertiary/aromatic N) is 1. The summed E-state index contributed by atoms with van der Waals surface area (Å²) < 4.78 is 1.04. The first-order valence-corrected chi connectivity index (χ1v) is 5.55. The molecule has 78 valence electrons. The lowest BCUT2D eigenvalue weighted by molar-refractivity contribution is 0.0742. The number of benzene rings is 1. The van der Waals surface area contributed by atoms with Gasteiger partial charge in [-0.15, -0.1) is 0 Å². The van der Waals surface area contributed by atoms with Gasteiger partial charge < -0.3 is 5.11 Å². The number of hydrogen-bond donors (Lipinski definition) is 1. The highest BCUT2D eigenvalue weighted by Gasteiger charge is 2.17. The summed E-state index contributed by atoms with van der Waals surface area (Å²) in [5.74, 6) is 0. The molecule has 0 atom stereocenters. The Morgan fingerprint density at radius 2 is 1.93 bits per heavy atom. The standard InChI is InChI=1S/C12H12BrNO/c1-12(2,15)11-6-3-8-7-9(13)4-5-10(8)14-11/h3-7,15H,1-2H3. The maximum Gasteiger partial charge on any atom is 0.101 e. The highest BCUT2D eigenvalue weighted by atomic mass is 79.9. The van der Waals surface area contributed by atoms with Gasteiger partial charge in [-0.05, 0) is 38.1 Å². The minimum absolute atomic E-state index is 0.692. The fourth-order valence-corrected chi connectivity index (χ4v) is 1.82.